The first-order valence-corrected chi connectivity index (χ1v) is 8.24. The van der Waals surface area contributed by atoms with Gasteiger partial charge in [0.15, 0.2) is 5.17 Å². The minimum atomic E-state index is -4.52. The topological polar surface area (TPSA) is 41.5 Å². The van der Waals surface area contributed by atoms with Crippen LogP contribution in [0.4, 0.5) is 18.9 Å². The van der Waals surface area contributed by atoms with Crippen LogP contribution in [0.25, 0.3) is 6.08 Å². The number of hydrogen-bond acceptors (Lipinski definition) is 3. The average Bonchev–Trinajstić information content (AvgIpc) is 2.88. The molecule has 0 atom stereocenters. The molecule has 1 aliphatic heterocycles. The lowest BCUT2D eigenvalue weighted by Crippen LogP contribution is -2.19. The average molecular weight is 383 g/mol. The summed E-state index contributed by atoms with van der Waals surface area (Å²) >= 11 is 6.79. The maximum Gasteiger partial charge on any atom is 0.418 e. The van der Waals surface area contributed by atoms with E-state index in [-0.39, 0.29) is 10.9 Å². The molecule has 1 N–H and O–H groups in total. The molecule has 128 valence electrons. The molecule has 0 aromatic heterocycles. The number of amides is 1. The molecule has 8 heteroatoms. The van der Waals surface area contributed by atoms with Crippen molar-refractivity contribution < 1.29 is 18.0 Å². The number of nitrogens with one attached hydrogen (secondary N) is 1. The number of amidine groups is 1. The van der Waals surface area contributed by atoms with Gasteiger partial charge in [-0.05, 0) is 47.7 Å². The maximum absolute atomic E-state index is 13.0. The summed E-state index contributed by atoms with van der Waals surface area (Å²) in [6.07, 6.45) is -2.90. The van der Waals surface area contributed by atoms with E-state index < -0.39 is 17.6 Å². The van der Waals surface area contributed by atoms with E-state index in [1.165, 1.54) is 18.2 Å². The number of thioether (sulfide) groups is 1. The highest BCUT2D eigenvalue weighted by Gasteiger charge is 2.34. The molecule has 3 nitrogen and oxygen atoms in total. The van der Waals surface area contributed by atoms with Crippen molar-refractivity contribution in [3.8, 4) is 0 Å². The zero-order valence-electron chi connectivity index (χ0n) is 12.5. The van der Waals surface area contributed by atoms with E-state index in [0.717, 1.165) is 23.4 Å². The normalized spacial score (nSPS) is 18.0. The third kappa shape index (κ3) is 4.24. The van der Waals surface area contributed by atoms with Gasteiger partial charge in [-0.3, -0.25) is 4.79 Å². The Hall–Kier alpha value is -2.25. The molecular weight excluding hydrogens is 373 g/mol. The fourth-order valence-corrected chi connectivity index (χ4v) is 3.07. The molecule has 0 spiro atoms. The van der Waals surface area contributed by atoms with Gasteiger partial charge < -0.3 is 5.32 Å². The molecule has 1 fully saturated rings. The minimum absolute atomic E-state index is 0.0990. The van der Waals surface area contributed by atoms with Crippen LogP contribution in [0, 0.1) is 0 Å². The Balaban J connectivity index is 1.88. The first-order chi connectivity index (χ1) is 11.8. The molecule has 0 radical (unpaired) electrons. The lowest BCUT2D eigenvalue weighted by atomic mass is 10.2. The fraction of sp³-hybridized carbons (Fsp3) is 0.0588. The van der Waals surface area contributed by atoms with E-state index in [1.54, 1.807) is 30.3 Å². The SMILES string of the molecule is O=C1NC(=Nc2ccccc2C(F)(F)F)SC1=Cc1ccc(Cl)cc1. The predicted molar refractivity (Wildman–Crippen MR) is 93.7 cm³/mol. The molecule has 2 aromatic carbocycles. The van der Waals surface area contributed by atoms with Crippen LogP contribution in [-0.2, 0) is 11.0 Å². The molecule has 2 aromatic rings. The molecule has 1 heterocycles. The molecule has 25 heavy (non-hydrogen) atoms. The van der Waals surface area contributed by atoms with Crippen molar-refractivity contribution in [1.29, 1.82) is 0 Å². The summed E-state index contributed by atoms with van der Waals surface area (Å²) < 4.78 is 39.0. The third-order valence-corrected chi connectivity index (χ3v) is 4.41. The number of alkyl halides is 3. The second-order valence-corrected chi connectivity index (χ2v) is 6.52. The van der Waals surface area contributed by atoms with Gasteiger partial charge in [0.05, 0.1) is 16.2 Å². The third-order valence-electron chi connectivity index (χ3n) is 3.25. The van der Waals surface area contributed by atoms with Crippen molar-refractivity contribution in [1.82, 2.24) is 5.32 Å². The highest BCUT2D eigenvalue weighted by atomic mass is 35.5. The summed E-state index contributed by atoms with van der Waals surface area (Å²) in [4.78, 5) is 16.3. The number of carbonyl (C=O) groups excluding carboxylic acids is 1. The number of hydrogen-bond donors (Lipinski definition) is 1. The molecule has 1 amide bonds. The Labute approximate surface area is 150 Å². The van der Waals surface area contributed by atoms with Crippen LogP contribution in [0.1, 0.15) is 11.1 Å². The molecule has 0 bridgehead atoms. The number of carbonyl (C=O) groups is 1. The van der Waals surface area contributed by atoms with E-state index in [1.807, 2.05) is 0 Å². The van der Waals surface area contributed by atoms with Crippen LogP contribution in [0.3, 0.4) is 0 Å². The Morgan fingerprint density at radius 2 is 1.76 bits per heavy atom. The molecule has 1 aliphatic rings. The molecule has 0 unspecified atom stereocenters. The summed E-state index contributed by atoms with van der Waals surface area (Å²) in [5.41, 5.74) is -0.350. The van der Waals surface area contributed by atoms with E-state index in [2.05, 4.69) is 10.3 Å². The summed E-state index contributed by atoms with van der Waals surface area (Å²) in [5.74, 6) is -0.414. The van der Waals surface area contributed by atoms with Gasteiger partial charge in [0.1, 0.15) is 0 Å². The van der Waals surface area contributed by atoms with Gasteiger partial charge in [0.25, 0.3) is 5.91 Å². The van der Waals surface area contributed by atoms with Crippen LogP contribution < -0.4 is 5.32 Å². The van der Waals surface area contributed by atoms with Gasteiger partial charge in [0.2, 0.25) is 0 Å². The number of rotatable bonds is 2. The molecule has 0 saturated carbocycles. The summed E-state index contributed by atoms with van der Waals surface area (Å²) in [6, 6.07) is 11.8. The highest BCUT2D eigenvalue weighted by molar-refractivity contribution is 8.18. The van der Waals surface area contributed by atoms with Crippen LogP contribution in [0.5, 0.6) is 0 Å². The predicted octanol–water partition coefficient (Wildman–Crippen LogP) is 5.25. The second-order valence-electron chi connectivity index (χ2n) is 5.05. The molecule has 1 saturated heterocycles. The summed E-state index contributed by atoms with van der Waals surface area (Å²) in [7, 11) is 0. The van der Waals surface area contributed by atoms with Crippen molar-refractivity contribution in [3.63, 3.8) is 0 Å². The molecule has 3 rings (SSSR count). The first kappa shape index (κ1) is 17.6. The van der Waals surface area contributed by atoms with Crippen molar-refractivity contribution in [2.75, 3.05) is 0 Å². The van der Waals surface area contributed by atoms with E-state index in [0.29, 0.717) is 9.93 Å². The van der Waals surface area contributed by atoms with E-state index in [9.17, 15) is 18.0 Å². The Morgan fingerprint density at radius 1 is 1.08 bits per heavy atom. The summed E-state index contributed by atoms with van der Waals surface area (Å²) in [5, 5.41) is 3.14. The smallest absolute Gasteiger partial charge is 0.300 e. The van der Waals surface area contributed by atoms with Gasteiger partial charge in [-0.1, -0.05) is 35.9 Å². The lowest BCUT2D eigenvalue weighted by Gasteiger charge is -2.09. The van der Waals surface area contributed by atoms with E-state index >= 15 is 0 Å². The minimum Gasteiger partial charge on any atom is -0.300 e. The van der Waals surface area contributed by atoms with Crippen molar-refractivity contribution >= 4 is 46.2 Å². The standard InChI is InChI=1S/C17H10ClF3N2OS/c18-11-7-5-10(6-8-11)9-14-15(24)23-16(25-14)22-13-4-2-1-3-12(13)17(19,20)21/h1-9H,(H,22,23,24). The zero-order valence-corrected chi connectivity index (χ0v) is 14.0. The van der Waals surface area contributed by atoms with Gasteiger partial charge >= 0.3 is 6.18 Å². The zero-order chi connectivity index (χ0) is 18.0. The Bertz CT molecular complexity index is 876. The quantitative estimate of drug-likeness (QED) is 0.721. The summed E-state index contributed by atoms with van der Waals surface area (Å²) in [6.45, 7) is 0. The van der Waals surface area contributed by atoms with Gasteiger partial charge in [-0.15, -0.1) is 0 Å². The highest BCUT2D eigenvalue weighted by Crippen LogP contribution is 2.37. The van der Waals surface area contributed by atoms with Gasteiger partial charge in [-0.2, -0.15) is 13.2 Å². The van der Waals surface area contributed by atoms with Gasteiger partial charge in [0, 0.05) is 5.02 Å². The Morgan fingerprint density at radius 3 is 2.44 bits per heavy atom. The van der Waals surface area contributed by atoms with Crippen molar-refractivity contribution in [3.05, 3.63) is 69.6 Å². The van der Waals surface area contributed by atoms with Crippen LogP contribution >= 0.6 is 23.4 Å². The van der Waals surface area contributed by atoms with Crippen LogP contribution in [0.15, 0.2) is 58.4 Å². The van der Waals surface area contributed by atoms with Crippen LogP contribution in [0.2, 0.25) is 5.02 Å². The fourth-order valence-electron chi connectivity index (χ4n) is 2.11. The monoisotopic (exact) mass is 382 g/mol. The first-order valence-electron chi connectivity index (χ1n) is 7.04. The van der Waals surface area contributed by atoms with Crippen molar-refractivity contribution in [2.24, 2.45) is 4.99 Å². The molecule has 0 aliphatic carbocycles. The second kappa shape index (κ2) is 6.93. The number of aliphatic imine (C=N–C) groups is 1. The lowest BCUT2D eigenvalue weighted by molar-refractivity contribution is -0.137. The van der Waals surface area contributed by atoms with Gasteiger partial charge in [-0.25, -0.2) is 4.99 Å². The number of halogens is 4. The van der Waals surface area contributed by atoms with Crippen LogP contribution in [-0.4, -0.2) is 11.1 Å². The molecular formula is C17H10ClF3N2OS. The van der Waals surface area contributed by atoms with Crippen molar-refractivity contribution in [2.45, 2.75) is 6.18 Å². The number of para-hydroxylation sites is 1. The largest absolute Gasteiger partial charge is 0.418 e. The van der Waals surface area contributed by atoms with E-state index in [4.69, 9.17) is 11.6 Å². The maximum atomic E-state index is 13.0. The number of benzene rings is 2. The Kier molecular flexibility index (Phi) is 4.87. The number of nitrogens with zero attached hydrogens (tertiary/aromatic N) is 1.